The minimum atomic E-state index is -1.17. The van der Waals surface area contributed by atoms with E-state index in [1.165, 1.54) is 6.07 Å². The van der Waals surface area contributed by atoms with Gasteiger partial charge in [0.05, 0.1) is 23.7 Å². The molecule has 2 rings (SSSR count). The highest BCUT2D eigenvalue weighted by atomic mass is 35.5. The first-order valence-corrected chi connectivity index (χ1v) is 7.88. The van der Waals surface area contributed by atoms with Gasteiger partial charge in [-0.3, -0.25) is 10.1 Å². The lowest BCUT2D eigenvalue weighted by Gasteiger charge is -2.09. The molecule has 0 fully saturated rings. The van der Waals surface area contributed by atoms with Crippen LogP contribution in [0.5, 0.6) is 11.5 Å². The molecule has 1 N–H and O–H groups in total. The third-order valence-electron chi connectivity index (χ3n) is 3.28. The highest BCUT2D eigenvalue weighted by Crippen LogP contribution is 2.28. The average molecular weight is 366 g/mol. The van der Waals surface area contributed by atoms with Crippen LogP contribution in [0.1, 0.15) is 23.2 Å². The molecule has 0 heterocycles. The third-order valence-corrected chi connectivity index (χ3v) is 3.53. The van der Waals surface area contributed by atoms with Gasteiger partial charge in [0.1, 0.15) is 5.75 Å². The molecule has 2 aromatic carbocycles. The Morgan fingerprint density at radius 3 is 2.32 bits per heavy atom. The maximum Gasteiger partial charge on any atom is 0.335 e. The Morgan fingerprint density at radius 2 is 1.72 bits per heavy atom. The van der Waals surface area contributed by atoms with E-state index in [2.05, 4.69) is 0 Å². The van der Waals surface area contributed by atoms with Crippen LogP contribution in [0.4, 0.5) is 5.69 Å². The summed E-state index contributed by atoms with van der Waals surface area (Å²) < 4.78 is 10.9. The molecule has 0 saturated carbocycles. The van der Waals surface area contributed by atoms with Gasteiger partial charge in [-0.1, -0.05) is 11.6 Å². The summed E-state index contributed by atoms with van der Waals surface area (Å²) in [4.78, 5) is 21.3. The van der Waals surface area contributed by atoms with Crippen molar-refractivity contribution < 1.29 is 24.3 Å². The van der Waals surface area contributed by atoms with E-state index in [1.807, 2.05) is 0 Å². The zero-order valence-corrected chi connectivity index (χ0v) is 13.9. The van der Waals surface area contributed by atoms with Crippen molar-refractivity contribution in [2.75, 3.05) is 13.2 Å². The second-order valence-corrected chi connectivity index (χ2v) is 5.54. The largest absolute Gasteiger partial charge is 0.494 e. The molecule has 0 unspecified atom stereocenters. The number of benzene rings is 2. The normalized spacial score (nSPS) is 10.3. The first kappa shape index (κ1) is 18.5. The standard InChI is InChI=1S/C17H16ClNO6/c18-13-4-6-14(7-5-13)24-9-1-2-10-25-16-11-12(17(20)21)3-8-15(16)19(22)23/h3-8,11H,1-2,9-10H2,(H,20,21). The smallest absolute Gasteiger partial charge is 0.335 e. The van der Waals surface area contributed by atoms with Crippen molar-refractivity contribution in [1.29, 1.82) is 0 Å². The molecule has 0 amide bonds. The molecule has 0 spiro atoms. The molecular weight excluding hydrogens is 350 g/mol. The SMILES string of the molecule is O=C(O)c1ccc([N+](=O)[O-])c(OCCCCOc2ccc(Cl)cc2)c1. The second kappa shape index (κ2) is 8.89. The highest BCUT2D eigenvalue weighted by Gasteiger charge is 2.17. The summed E-state index contributed by atoms with van der Waals surface area (Å²) in [5, 5.41) is 20.6. The number of carboxylic acid groups (broad SMARTS) is 1. The van der Waals surface area contributed by atoms with Gasteiger partial charge in [0.2, 0.25) is 0 Å². The van der Waals surface area contributed by atoms with E-state index in [1.54, 1.807) is 24.3 Å². The maximum absolute atomic E-state index is 11.0. The van der Waals surface area contributed by atoms with E-state index < -0.39 is 10.9 Å². The highest BCUT2D eigenvalue weighted by molar-refractivity contribution is 6.30. The van der Waals surface area contributed by atoms with Crippen molar-refractivity contribution in [3.05, 3.63) is 63.2 Å². The van der Waals surface area contributed by atoms with E-state index in [9.17, 15) is 14.9 Å². The summed E-state index contributed by atoms with van der Waals surface area (Å²) in [6, 6.07) is 10.4. The van der Waals surface area contributed by atoms with E-state index in [0.29, 0.717) is 30.2 Å². The van der Waals surface area contributed by atoms with Gasteiger partial charge in [0.25, 0.3) is 0 Å². The summed E-state index contributed by atoms with van der Waals surface area (Å²) in [5.41, 5.74) is -0.325. The van der Waals surface area contributed by atoms with Crippen LogP contribution < -0.4 is 9.47 Å². The Morgan fingerprint density at radius 1 is 1.08 bits per heavy atom. The second-order valence-electron chi connectivity index (χ2n) is 5.10. The van der Waals surface area contributed by atoms with Crippen LogP contribution in [-0.2, 0) is 0 Å². The monoisotopic (exact) mass is 365 g/mol. The van der Waals surface area contributed by atoms with Gasteiger partial charge < -0.3 is 14.6 Å². The lowest BCUT2D eigenvalue weighted by molar-refractivity contribution is -0.385. The molecule has 0 atom stereocenters. The molecule has 0 bridgehead atoms. The number of aromatic carboxylic acids is 1. The number of hydrogen-bond acceptors (Lipinski definition) is 5. The van der Waals surface area contributed by atoms with Crippen molar-refractivity contribution in [3.63, 3.8) is 0 Å². The minimum absolute atomic E-state index is 0.0523. The molecular formula is C17H16ClNO6. The van der Waals surface area contributed by atoms with Crippen molar-refractivity contribution in [1.82, 2.24) is 0 Å². The Labute approximate surface area is 148 Å². The summed E-state index contributed by atoms with van der Waals surface area (Å²) in [7, 11) is 0. The maximum atomic E-state index is 11.0. The molecule has 0 aliphatic carbocycles. The number of nitro benzene ring substituents is 1. The summed E-state index contributed by atoms with van der Waals surface area (Å²) in [6.07, 6.45) is 1.27. The Balaban J connectivity index is 1.80. The molecule has 0 aliphatic heterocycles. The van der Waals surface area contributed by atoms with E-state index in [0.717, 1.165) is 12.1 Å². The fraction of sp³-hybridized carbons (Fsp3) is 0.235. The van der Waals surface area contributed by atoms with Gasteiger partial charge >= 0.3 is 11.7 Å². The summed E-state index contributed by atoms with van der Waals surface area (Å²) >= 11 is 5.78. The molecule has 132 valence electrons. The van der Waals surface area contributed by atoms with Crippen LogP contribution >= 0.6 is 11.6 Å². The number of ether oxygens (including phenoxy) is 2. The number of nitrogens with zero attached hydrogens (tertiary/aromatic N) is 1. The molecule has 25 heavy (non-hydrogen) atoms. The van der Waals surface area contributed by atoms with Crippen LogP contribution in [-0.4, -0.2) is 29.2 Å². The third kappa shape index (κ3) is 5.65. The first-order valence-electron chi connectivity index (χ1n) is 7.50. The van der Waals surface area contributed by atoms with Crippen molar-refractivity contribution >= 4 is 23.3 Å². The Kier molecular flexibility index (Phi) is 6.59. The number of unbranched alkanes of at least 4 members (excludes halogenated alkanes) is 1. The van der Waals surface area contributed by atoms with E-state index in [4.69, 9.17) is 26.2 Å². The number of nitro groups is 1. The number of halogens is 1. The fourth-order valence-corrected chi connectivity index (χ4v) is 2.15. The number of hydrogen-bond donors (Lipinski definition) is 1. The zero-order chi connectivity index (χ0) is 18.2. The number of carbonyl (C=O) groups is 1. The van der Waals surface area contributed by atoms with Crippen LogP contribution in [0.25, 0.3) is 0 Å². The Bertz CT molecular complexity index is 747. The van der Waals surface area contributed by atoms with E-state index >= 15 is 0 Å². The quantitative estimate of drug-likeness (QED) is 0.406. The van der Waals surface area contributed by atoms with Crippen molar-refractivity contribution in [2.45, 2.75) is 12.8 Å². The zero-order valence-electron chi connectivity index (χ0n) is 13.2. The van der Waals surface area contributed by atoms with Gasteiger partial charge in [-0.25, -0.2) is 4.79 Å². The Hall–Kier alpha value is -2.80. The molecule has 7 nitrogen and oxygen atoms in total. The van der Waals surface area contributed by atoms with Gasteiger partial charge in [0, 0.05) is 17.2 Å². The molecule has 0 aromatic heterocycles. The van der Waals surface area contributed by atoms with Crippen molar-refractivity contribution in [2.24, 2.45) is 0 Å². The van der Waals surface area contributed by atoms with Gasteiger partial charge in [-0.15, -0.1) is 0 Å². The lowest BCUT2D eigenvalue weighted by Crippen LogP contribution is -2.05. The van der Waals surface area contributed by atoms with Gasteiger partial charge in [0.15, 0.2) is 5.75 Å². The predicted octanol–water partition coefficient (Wildman–Crippen LogP) is 4.18. The number of carboxylic acids is 1. The van der Waals surface area contributed by atoms with Crippen LogP contribution in [0.3, 0.4) is 0 Å². The summed E-state index contributed by atoms with van der Waals surface area (Å²) in [5.74, 6) is -0.519. The molecule has 0 aliphatic rings. The summed E-state index contributed by atoms with van der Waals surface area (Å²) in [6.45, 7) is 0.677. The topological polar surface area (TPSA) is 98.9 Å². The first-order chi connectivity index (χ1) is 12.0. The van der Waals surface area contributed by atoms with Gasteiger partial charge in [-0.2, -0.15) is 0 Å². The molecule has 0 saturated heterocycles. The number of rotatable bonds is 9. The predicted molar refractivity (Wildman–Crippen MR) is 91.7 cm³/mol. The van der Waals surface area contributed by atoms with Crippen LogP contribution in [0.2, 0.25) is 5.02 Å². The lowest BCUT2D eigenvalue weighted by atomic mass is 10.2. The van der Waals surface area contributed by atoms with Crippen molar-refractivity contribution in [3.8, 4) is 11.5 Å². The van der Waals surface area contributed by atoms with E-state index in [-0.39, 0.29) is 23.6 Å². The molecule has 8 heteroatoms. The molecule has 0 radical (unpaired) electrons. The van der Waals surface area contributed by atoms with Gasteiger partial charge in [-0.05, 0) is 43.2 Å². The molecule has 2 aromatic rings. The average Bonchev–Trinajstić information content (AvgIpc) is 2.59. The van der Waals surface area contributed by atoms with Crippen LogP contribution in [0.15, 0.2) is 42.5 Å². The minimum Gasteiger partial charge on any atom is -0.494 e. The fourth-order valence-electron chi connectivity index (χ4n) is 2.02. The van der Waals surface area contributed by atoms with Crippen LogP contribution in [0, 0.1) is 10.1 Å².